The lowest BCUT2D eigenvalue weighted by Gasteiger charge is -2.28. The molecule has 2 rings (SSSR count). The van der Waals surface area contributed by atoms with E-state index in [4.69, 9.17) is 5.11 Å². The molecule has 4 nitrogen and oxygen atoms in total. The topological polar surface area (TPSA) is 50.1 Å². The van der Waals surface area contributed by atoms with Crippen molar-refractivity contribution in [3.8, 4) is 0 Å². The van der Waals surface area contributed by atoms with Gasteiger partial charge in [0.05, 0.1) is 25.0 Å². The van der Waals surface area contributed by atoms with Crippen LogP contribution in [0.4, 0.5) is 5.69 Å². The van der Waals surface area contributed by atoms with Gasteiger partial charge in [-0.2, -0.15) is 5.10 Å². The van der Waals surface area contributed by atoms with Crippen LogP contribution in [0.3, 0.4) is 0 Å². The molecular formula is C12H21N3O. The van der Waals surface area contributed by atoms with E-state index >= 15 is 0 Å². The van der Waals surface area contributed by atoms with Crippen molar-refractivity contribution in [3.05, 3.63) is 12.4 Å². The van der Waals surface area contributed by atoms with Gasteiger partial charge in [0.15, 0.2) is 0 Å². The Balaban J connectivity index is 1.77. The van der Waals surface area contributed by atoms with Crippen LogP contribution in [0.2, 0.25) is 0 Å². The first-order valence-corrected chi connectivity index (χ1v) is 6.18. The maximum Gasteiger partial charge on any atom is 0.0728 e. The average molecular weight is 223 g/mol. The Labute approximate surface area is 96.7 Å². The molecule has 1 aliphatic rings. The molecule has 1 aromatic heterocycles. The molecule has 0 saturated heterocycles. The highest BCUT2D eigenvalue weighted by molar-refractivity contribution is 5.39. The van der Waals surface area contributed by atoms with Gasteiger partial charge in [-0.3, -0.25) is 4.68 Å². The molecule has 1 unspecified atom stereocenters. The number of hydrogen-bond donors (Lipinski definition) is 2. The van der Waals surface area contributed by atoms with E-state index in [0.717, 1.165) is 11.6 Å². The summed E-state index contributed by atoms with van der Waals surface area (Å²) in [5.41, 5.74) is 1.06. The number of nitrogens with one attached hydrogen (secondary N) is 1. The Morgan fingerprint density at radius 1 is 1.62 bits per heavy atom. The Kier molecular flexibility index (Phi) is 3.83. The first-order valence-electron chi connectivity index (χ1n) is 6.18. The van der Waals surface area contributed by atoms with E-state index in [1.165, 1.54) is 25.7 Å². The second-order valence-electron chi connectivity index (χ2n) is 4.79. The SMILES string of the molecule is CC(CC1CCC1)Nc1cnn(CCO)c1. The number of aliphatic hydroxyl groups is 1. The Hall–Kier alpha value is -1.03. The van der Waals surface area contributed by atoms with Crippen molar-refractivity contribution in [2.45, 2.75) is 45.2 Å². The van der Waals surface area contributed by atoms with E-state index in [1.54, 1.807) is 4.68 Å². The molecular weight excluding hydrogens is 202 g/mol. The summed E-state index contributed by atoms with van der Waals surface area (Å²) in [6.07, 6.45) is 9.24. The fourth-order valence-electron chi connectivity index (χ4n) is 2.23. The summed E-state index contributed by atoms with van der Waals surface area (Å²) < 4.78 is 1.76. The molecule has 16 heavy (non-hydrogen) atoms. The second kappa shape index (κ2) is 5.34. The summed E-state index contributed by atoms with van der Waals surface area (Å²) in [7, 11) is 0. The summed E-state index contributed by atoms with van der Waals surface area (Å²) >= 11 is 0. The minimum Gasteiger partial charge on any atom is -0.394 e. The molecule has 0 amide bonds. The summed E-state index contributed by atoms with van der Waals surface area (Å²) in [6, 6.07) is 0.511. The molecule has 4 heteroatoms. The zero-order chi connectivity index (χ0) is 11.4. The number of anilines is 1. The lowest BCUT2D eigenvalue weighted by atomic mass is 9.81. The summed E-state index contributed by atoms with van der Waals surface area (Å²) in [6.45, 7) is 2.93. The predicted octanol–water partition coefficient (Wildman–Crippen LogP) is 1.87. The van der Waals surface area contributed by atoms with Gasteiger partial charge in [-0.1, -0.05) is 19.3 Å². The molecule has 1 heterocycles. The van der Waals surface area contributed by atoms with E-state index in [1.807, 2.05) is 12.4 Å². The summed E-state index contributed by atoms with van der Waals surface area (Å²) in [4.78, 5) is 0. The summed E-state index contributed by atoms with van der Waals surface area (Å²) in [5, 5.41) is 16.4. The zero-order valence-corrected chi connectivity index (χ0v) is 9.89. The van der Waals surface area contributed by atoms with Gasteiger partial charge in [0.1, 0.15) is 0 Å². The van der Waals surface area contributed by atoms with Gasteiger partial charge in [0.25, 0.3) is 0 Å². The molecule has 1 saturated carbocycles. The molecule has 0 radical (unpaired) electrons. The van der Waals surface area contributed by atoms with Crippen LogP contribution in [0.1, 0.15) is 32.6 Å². The van der Waals surface area contributed by atoms with Crippen LogP contribution in [0.5, 0.6) is 0 Å². The van der Waals surface area contributed by atoms with E-state index in [-0.39, 0.29) is 6.61 Å². The first kappa shape index (κ1) is 11.5. The van der Waals surface area contributed by atoms with Crippen LogP contribution < -0.4 is 5.32 Å². The van der Waals surface area contributed by atoms with Crippen LogP contribution in [-0.2, 0) is 6.54 Å². The number of aliphatic hydroxyl groups excluding tert-OH is 1. The second-order valence-corrected chi connectivity index (χ2v) is 4.79. The van der Waals surface area contributed by atoms with E-state index in [2.05, 4.69) is 17.3 Å². The van der Waals surface area contributed by atoms with Crippen molar-refractivity contribution in [2.75, 3.05) is 11.9 Å². The smallest absolute Gasteiger partial charge is 0.0728 e. The van der Waals surface area contributed by atoms with Gasteiger partial charge in [0.2, 0.25) is 0 Å². The van der Waals surface area contributed by atoms with Crippen LogP contribution >= 0.6 is 0 Å². The number of rotatable bonds is 6. The number of nitrogens with zero attached hydrogens (tertiary/aromatic N) is 2. The highest BCUT2D eigenvalue weighted by Gasteiger charge is 2.19. The van der Waals surface area contributed by atoms with E-state index in [0.29, 0.717) is 12.6 Å². The molecule has 1 atom stereocenters. The molecule has 1 aliphatic carbocycles. The van der Waals surface area contributed by atoms with Crippen LogP contribution in [0.15, 0.2) is 12.4 Å². The van der Waals surface area contributed by atoms with Crippen LogP contribution in [-0.4, -0.2) is 27.5 Å². The molecule has 0 spiro atoms. The average Bonchev–Trinajstić information content (AvgIpc) is 2.60. The highest BCUT2D eigenvalue weighted by Crippen LogP contribution is 2.30. The van der Waals surface area contributed by atoms with Crippen LogP contribution in [0.25, 0.3) is 0 Å². The van der Waals surface area contributed by atoms with Gasteiger partial charge < -0.3 is 10.4 Å². The largest absolute Gasteiger partial charge is 0.394 e. The third-order valence-corrected chi connectivity index (χ3v) is 3.29. The van der Waals surface area contributed by atoms with Gasteiger partial charge in [-0.25, -0.2) is 0 Å². The Morgan fingerprint density at radius 3 is 3.06 bits per heavy atom. The predicted molar refractivity (Wildman–Crippen MR) is 64.4 cm³/mol. The molecule has 1 aromatic rings. The number of aromatic nitrogens is 2. The Morgan fingerprint density at radius 2 is 2.44 bits per heavy atom. The summed E-state index contributed by atoms with van der Waals surface area (Å²) in [5.74, 6) is 0.926. The zero-order valence-electron chi connectivity index (χ0n) is 9.89. The number of hydrogen-bond acceptors (Lipinski definition) is 3. The van der Waals surface area contributed by atoms with Crippen molar-refractivity contribution in [2.24, 2.45) is 5.92 Å². The molecule has 1 fully saturated rings. The lowest BCUT2D eigenvalue weighted by molar-refractivity contribution is 0.269. The van der Waals surface area contributed by atoms with Crippen molar-refractivity contribution in [3.63, 3.8) is 0 Å². The maximum atomic E-state index is 8.79. The highest BCUT2D eigenvalue weighted by atomic mass is 16.3. The van der Waals surface area contributed by atoms with Crippen molar-refractivity contribution >= 4 is 5.69 Å². The first-order chi connectivity index (χ1) is 7.78. The molecule has 2 N–H and O–H groups in total. The lowest BCUT2D eigenvalue weighted by Crippen LogP contribution is -2.23. The van der Waals surface area contributed by atoms with Crippen molar-refractivity contribution in [1.82, 2.24) is 9.78 Å². The normalized spacial score (nSPS) is 18.1. The molecule has 0 bridgehead atoms. The Bertz CT molecular complexity index is 320. The minimum atomic E-state index is 0.138. The third kappa shape index (κ3) is 2.98. The maximum absolute atomic E-state index is 8.79. The van der Waals surface area contributed by atoms with Gasteiger partial charge in [-0.15, -0.1) is 0 Å². The fourth-order valence-corrected chi connectivity index (χ4v) is 2.23. The minimum absolute atomic E-state index is 0.138. The molecule has 0 aliphatic heterocycles. The van der Waals surface area contributed by atoms with Crippen LogP contribution in [0, 0.1) is 5.92 Å². The molecule has 0 aromatic carbocycles. The molecule has 90 valence electrons. The van der Waals surface area contributed by atoms with Crippen molar-refractivity contribution in [1.29, 1.82) is 0 Å². The van der Waals surface area contributed by atoms with E-state index in [9.17, 15) is 0 Å². The van der Waals surface area contributed by atoms with Gasteiger partial charge >= 0.3 is 0 Å². The quantitative estimate of drug-likeness (QED) is 0.774. The van der Waals surface area contributed by atoms with Gasteiger partial charge in [-0.05, 0) is 19.3 Å². The fraction of sp³-hybridized carbons (Fsp3) is 0.750. The van der Waals surface area contributed by atoms with Gasteiger partial charge in [0, 0.05) is 12.2 Å². The third-order valence-electron chi connectivity index (χ3n) is 3.29. The standard InChI is InChI=1S/C12H21N3O/c1-10(7-11-3-2-4-11)14-12-8-13-15(9-12)5-6-16/h8-11,14,16H,2-7H2,1H3. The van der Waals surface area contributed by atoms with E-state index < -0.39 is 0 Å². The monoisotopic (exact) mass is 223 g/mol. The van der Waals surface area contributed by atoms with Crippen molar-refractivity contribution < 1.29 is 5.11 Å².